The van der Waals surface area contributed by atoms with Crippen molar-refractivity contribution in [2.45, 2.75) is 58.4 Å². The van der Waals surface area contributed by atoms with E-state index in [0.717, 1.165) is 18.4 Å². The summed E-state index contributed by atoms with van der Waals surface area (Å²) in [7, 11) is -4.23. The molecule has 13 heteroatoms. The Morgan fingerprint density at radius 3 is 2.18 bits per heavy atom. The van der Waals surface area contributed by atoms with Crippen LogP contribution < -0.4 is 9.62 Å². The van der Waals surface area contributed by atoms with Crippen LogP contribution in [0.15, 0.2) is 42.5 Å². The Labute approximate surface area is 230 Å². The number of halogens is 5. The normalized spacial score (nSPS) is 13.5. The standard InChI is InChI=1S/C25H30Cl2F3N3O4S/c1-5-16(3)31-24(35)22(6-2)32(14-17-9-7-8-10-20(17)26)23(34)15-33(38(4,36)37)18-11-12-21(27)19(13-18)25(28,29)30/h7-13,16,22H,5-6,14-15H2,1-4H3,(H,31,35)/t16-,22+/m1/s1. The van der Waals surface area contributed by atoms with Gasteiger partial charge in [-0.3, -0.25) is 13.9 Å². The van der Waals surface area contributed by atoms with E-state index in [9.17, 15) is 31.2 Å². The highest BCUT2D eigenvalue weighted by molar-refractivity contribution is 7.92. The van der Waals surface area contributed by atoms with Crippen LogP contribution in [0.5, 0.6) is 0 Å². The molecule has 0 aliphatic heterocycles. The van der Waals surface area contributed by atoms with Gasteiger partial charge < -0.3 is 10.2 Å². The largest absolute Gasteiger partial charge is 0.417 e. The number of sulfonamides is 1. The highest BCUT2D eigenvalue weighted by Crippen LogP contribution is 2.37. The minimum Gasteiger partial charge on any atom is -0.352 e. The first-order valence-corrected chi connectivity index (χ1v) is 14.4. The van der Waals surface area contributed by atoms with E-state index in [1.807, 2.05) is 6.92 Å². The summed E-state index contributed by atoms with van der Waals surface area (Å²) in [6, 6.07) is 8.03. The SMILES string of the molecule is CC[C@@H](C)NC(=O)[C@H](CC)N(Cc1ccccc1Cl)C(=O)CN(c1ccc(Cl)c(C(F)(F)F)c1)S(C)(=O)=O. The molecular weight excluding hydrogens is 566 g/mol. The molecule has 0 unspecified atom stereocenters. The summed E-state index contributed by atoms with van der Waals surface area (Å²) in [5.41, 5.74) is -1.13. The topological polar surface area (TPSA) is 86.8 Å². The molecular formula is C25H30Cl2F3N3O4S. The lowest BCUT2D eigenvalue weighted by Gasteiger charge is -2.33. The van der Waals surface area contributed by atoms with Gasteiger partial charge in [-0.25, -0.2) is 8.42 Å². The highest BCUT2D eigenvalue weighted by Gasteiger charge is 2.36. The van der Waals surface area contributed by atoms with Gasteiger partial charge in [0.05, 0.1) is 22.5 Å². The molecule has 2 atom stereocenters. The van der Waals surface area contributed by atoms with E-state index in [2.05, 4.69) is 5.32 Å². The number of hydrogen-bond acceptors (Lipinski definition) is 4. The van der Waals surface area contributed by atoms with Crippen molar-refractivity contribution < 1.29 is 31.2 Å². The van der Waals surface area contributed by atoms with Crippen molar-refractivity contribution in [2.75, 3.05) is 17.1 Å². The maximum absolute atomic E-state index is 13.6. The van der Waals surface area contributed by atoms with Crippen LogP contribution in [0.2, 0.25) is 10.0 Å². The number of rotatable bonds is 11. The Kier molecular flexibility index (Phi) is 10.9. The third-order valence-corrected chi connectivity index (χ3v) is 7.75. The number of carbonyl (C=O) groups excluding carboxylic acids is 2. The number of anilines is 1. The second-order valence-electron chi connectivity index (χ2n) is 8.79. The molecule has 1 N–H and O–H groups in total. The number of hydrogen-bond donors (Lipinski definition) is 1. The van der Waals surface area contributed by atoms with E-state index in [0.29, 0.717) is 27.4 Å². The maximum atomic E-state index is 13.6. The molecule has 2 aromatic rings. The van der Waals surface area contributed by atoms with E-state index in [-0.39, 0.29) is 19.0 Å². The predicted molar refractivity (Wildman–Crippen MR) is 143 cm³/mol. The molecule has 2 amide bonds. The average Bonchev–Trinajstić information content (AvgIpc) is 2.82. The van der Waals surface area contributed by atoms with Gasteiger partial charge in [0.2, 0.25) is 21.8 Å². The van der Waals surface area contributed by atoms with Crippen LogP contribution in [0.3, 0.4) is 0 Å². The van der Waals surface area contributed by atoms with E-state index < -0.39 is 56.9 Å². The van der Waals surface area contributed by atoms with Gasteiger partial charge in [0.25, 0.3) is 0 Å². The van der Waals surface area contributed by atoms with Gasteiger partial charge in [0.1, 0.15) is 12.6 Å². The van der Waals surface area contributed by atoms with Gasteiger partial charge in [-0.15, -0.1) is 0 Å². The number of amides is 2. The number of nitrogens with zero attached hydrogens (tertiary/aromatic N) is 2. The third-order valence-electron chi connectivity index (χ3n) is 5.91. The van der Waals surface area contributed by atoms with Gasteiger partial charge in [0.15, 0.2) is 0 Å². The summed E-state index contributed by atoms with van der Waals surface area (Å²) in [6.45, 7) is 4.39. The highest BCUT2D eigenvalue weighted by atomic mass is 35.5. The van der Waals surface area contributed by atoms with Crippen molar-refractivity contribution in [3.63, 3.8) is 0 Å². The van der Waals surface area contributed by atoms with Crippen LogP contribution in [0, 0.1) is 0 Å². The Balaban J connectivity index is 2.54. The van der Waals surface area contributed by atoms with Crippen molar-refractivity contribution in [3.05, 3.63) is 63.6 Å². The van der Waals surface area contributed by atoms with Crippen molar-refractivity contribution >= 4 is 50.7 Å². The van der Waals surface area contributed by atoms with Crippen molar-refractivity contribution in [3.8, 4) is 0 Å². The molecule has 0 aromatic heterocycles. The fraction of sp³-hybridized carbons (Fsp3) is 0.440. The number of carbonyl (C=O) groups is 2. The molecule has 2 aromatic carbocycles. The zero-order valence-electron chi connectivity index (χ0n) is 21.4. The molecule has 0 aliphatic rings. The molecule has 0 heterocycles. The summed E-state index contributed by atoms with van der Waals surface area (Å²) in [4.78, 5) is 27.9. The first-order valence-electron chi connectivity index (χ1n) is 11.8. The molecule has 7 nitrogen and oxygen atoms in total. The summed E-state index contributed by atoms with van der Waals surface area (Å²) in [5, 5.41) is 2.54. The molecule has 210 valence electrons. The lowest BCUT2D eigenvalue weighted by atomic mass is 10.1. The average molecular weight is 596 g/mol. The Bertz CT molecular complexity index is 1260. The second-order valence-corrected chi connectivity index (χ2v) is 11.5. The molecule has 0 radical (unpaired) electrons. The molecule has 0 spiro atoms. The van der Waals surface area contributed by atoms with Crippen LogP contribution in [-0.4, -0.2) is 50.0 Å². The Morgan fingerprint density at radius 1 is 1.03 bits per heavy atom. The van der Waals surface area contributed by atoms with Crippen molar-refractivity contribution in [2.24, 2.45) is 0 Å². The third kappa shape index (κ3) is 8.25. The summed E-state index contributed by atoms with van der Waals surface area (Å²) >= 11 is 12.0. The minimum atomic E-state index is -4.85. The number of alkyl halides is 3. The minimum absolute atomic E-state index is 0.128. The van der Waals surface area contributed by atoms with Crippen molar-refractivity contribution in [1.29, 1.82) is 0 Å². The van der Waals surface area contributed by atoms with Gasteiger partial charge in [-0.1, -0.05) is 55.2 Å². The van der Waals surface area contributed by atoms with E-state index in [4.69, 9.17) is 23.2 Å². The number of nitrogens with one attached hydrogen (secondary N) is 1. The van der Waals surface area contributed by atoms with E-state index in [1.165, 1.54) is 4.90 Å². The summed E-state index contributed by atoms with van der Waals surface area (Å²) < 4.78 is 66.2. The van der Waals surface area contributed by atoms with Crippen LogP contribution in [-0.2, 0) is 32.3 Å². The van der Waals surface area contributed by atoms with Gasteiger partial charge >= 0.3 is 6.18 Å². The smallest absolute Gasteiger partial charge is 0.352 e. The lowest BCUT2D eigenvalue weighted by Crippen LogP contribution is -2.53. The molecule has 2 rings (SSSR count). The molecule has 0 saturated carbocycles. The Hall–Kier alpha value is -2.50. The van der Waals surface area contributed by atoms with E-state index in [1.54, 1.807) is 38.1 Å². The Morgan fingerprint density at radius 2 is 1.66 bits per heavy atom. The van der Waals surface area contributed by atoms with Crippen LogP contribution >= 0.6 is 23.2 Å². The van der Waals surface area contributed by atoms with Gasteiger partial charge in [-0.2, -0.15) is 13.2 Å². The molecule has 0 fully saturated rings. The van der Waals surface area contributed by atoms with Crippen LogP contribution in [0.1, 0.15) is 44.7 Å². The van der Waals surface area contributed by atoms with Gasteiger partial charge in [0, 0.05) is 17.6 Å². The quantitative estimate of drug-likeness (QED) is 0.371. The first kappa shape index (κ1) is 31.7. The fourth-order valence-electron chi connectivity index (χ4n) is 3.67. The molecule has 0 saturated heterocycles. The summed E-state index contributed by atoms with van der Waals surface area (Å²) in [6.07, 6.45) is -3.25. The zero-order valence-corrected chi connectivity index (χ0v) is 23.7. The second kappa shape index (κ2) is 13.0. The molecule has 0 bridgehead atoms. The van der Waals surface area contributed by atoms with Crippen LogP contribution in [0.4, 0.5) is 18.9 Å². The maximum Gasteiger partial charge on any atom is 0.417 e. The number of benzene rings is 2. The first-order chi connectivity index (χ1) is 17.6. The van der Waals surface area contributed by atoms with E-state index >= 15 is 0 Å². The molecule has 0 aliphatic carbocycles. The molecule has 38 heavy (non-hydrogen) atoms. The van der Waals surface area contributed by atoms with Crippen LogP contribution in [0.25, 0.3) is 0 Å². The summed E-state index contributed by atoms with van der Waals surface area (Å²) in [5.74, 6) is -1.25. The zero-order chi connectivity index (χ0) is 28.8. The lowest BCUT2D eigenvalue weighted by molar-refractivity contribution is -0.140. The van der Waals surface area contributed by atoms with Gasteiger partial charge in [-0.05, 0) is 49.6 Å². The van der Waals surface area contributed by atoms with Crippen molar-refractivity contribution in [1.82, 2.24) is 10.2 Å². The predicted octanol–water partition coefficient (Wildman–Crippen LogP) is 5.50. The fourth-order valence-corrected chi connectivity index (χ4v) is 4.93. The monoisotopic (exact) mass is 595 g/mol.